The van der Waals surface area contributed by atoms with Crippen molar-refractivity contribution < 1.29 is 38.6 Å². The molecule has 8 heteroatoms. The molecule has 28 heavy (non-hydrogen) atoms. The molecule has 156 valence electrons. The fraction of sp³-hybridized carbons (Fsp3) is 0.500. The van der Waals surface area contributed by atoms with Gasteiger partial charge in [0, 0.05) is 6.61 Å². The van der Waals surface area contributed by atoms with E-state index < -0.39 is 17.7 Å². The maximum Gasteiger partial charge on any atom is 0.549 e. The standard InChI is InChI=1S/C20H28O8/c1-6-23-13-14-24-19(22)27-26-18(21)11-12-25-28-20(4,5)17-9-7-16(8-10-17)15(2)3/h7-12,15H,6,13-14H2,1-5H3. The van der Waals surface area contributed by atoms with Crippen molar-refractivity contribution in [1.82, 2.24) is 0 Å². The first-order chi connectivity index (χ1) is 13.3. The Bertz CT molecular complexity index is 634. The number of ether oxygens (including phenoxy) is 2. The normalized spacial score (nSPS) is 11.5. The van der Waals surface area contributed by atoms with Crippen molar-refractivity contribution in [3.63, 3.8) is 0 Å². The number of carbonyl (C=O) groups is 2. The molecule has 1 aromatic rings. The van der Waals surface area contributed by atoms with Crippen LogP contribution in [0.15, 0.2) is 36.6 Å². The topological polar surface area (TPSA) is 89.5 Å². The fourth-order valence-corrected chi connectivity index (χ4v) is 2.00. The van der Waals surface area contributed by atoms with Crippen molar-refractivity contribution in [3.05, 3.63) is 47.7 Å². The van der Waals surface area contributed by atoms with Crippen LogP contribution in [0.1, 0.15) is 51.7 Å². The molecule has 0 saturated carbocycles. The molecule has 0 amide bonds. The summed E-state index contributed by atoms with van der Waals surface area (Å²) in [6.07, 6.45) is 0.728. The highest BCUT2D eigenvalue weighted by atomic mass is 17.2. The summed E-state index contributed by atoms with van der Waals surface area (Å²) in [7, 11) is 0. The van der Waals surface area contributed by atoms with E-state index in [0.29, 0.717) is 12.5 Å². The zero-order valence-corrected chi connectivity index (χ0v) is 16.9. The van der Waals surface area contributed by atoms with Gasteiger partial charge in [-0.05, 0) is 37.8 Å². The third-order valence-corrected chi connectivity index (χ3v) is 3.63. The highest BCUT2D eigenvalue weighted by Gasteiger charge is 2.23. The molecule has 0 aliphatic carbocycles. The monoisotopic (exact) mass is 396 g/mol. The summed E-state index contributed by atoms with van der Waals surface area (Å²) < 4.78 is 9.56. The van der Waals surface area contributed by atoms with Crippen molar-refractivity contribution in [2.24, 2.45) is 0 Å². The van der Waals surface area contributed by atoms with Crippen LogP contribution in [-0.2, 0) is 39.4 Å². The molecule has 0 N–H and O–H groups in total. The van der Waals surface area contributed by atoms with Crippen LogP contribution < -0.4 is 0 Å². The zero-order valence-electron chi connectivity index (χ0n) is 16.9. The van der Waals surface area contributed by atoms with E-state index in [0.717, 1.165) is 17.9 Å². The minimum atomic E-state index is -1.15. The smallest absolute Gasteiger partial charge is 0.429 e. The Morgan fingerprint density at radius 3 is 2.36 bits per heavy atom. The van der Waals surface area contributed by atoms with Crippen LogP contribution in [0.3, 0.4) is 0 Å². The highest BCUT2D eigenvalue weighted by Crippen LogP contribution is 2.26. The van der Waals surface area contributed by atoms with E-state index in [4.69, 9.17) is 14.5 Å². The Kier molecular flexibility index (Phi) is 10.0. The van der Waals surface area contributed by atoms with Gasteiger partial charge in [0.25, 0.3) is 0 Å². The third-order valence-electron chi connectivity index (χ3n) is 3.63. The van der Waals surface area contributed by atoms with Crippen molar-refractivity contribution in [2.75, 3.05) is 19.8 Å². The molecule has 0 aliphatic heterocycles. The summed E-state index contributed by atoms with van der Waals surface area (Å²) in [6, 6.07) is 7.98. The van der Waals surface area contributed by atoms with Gasteiger partial charge in [-0.15, -0.1) is 0 Å². The largest absolute Gasteiger partial charge is 0.549 e. The third kappa shape index (κ3) is 8.88. The van der Waals surface area contributed by atoms with E-state index in [9.17, 15) is 9.59 Å². The van der Waals surface area contributed by atoms with E-state index in [2.05, 4.69) is 28.4 Å². The average molecular weight is 396 g/mol. The van der Waals surface area contributed by atoms with E-state index in [-0.39, 0.29) is 13.2 Å². The number of benzene rings is 1. The molecule has 0 fully saturated rings. The van der Waals surface area contributed by atoms with Gasteiger partial charge in [0.05, 0.1) is 12.7 Å². The SMILES string of the molecule is CCOCCOC(=O)OOC(=O)C=COOC(C)(C)c1ccc(C(C)C)cc1. The van der Waals surface area contributed by atoms with E-state index in [1.165, 1.54) is 5.56 Å². The lowest BCUT2D eigenvalue weighted by molar-refractivity contribution is -0.321. The highest BCUT2D eigenvalue weighted by molar-refractivity contribution is 5.81. The fourth-order valence-electron chi connectivity index (χ4n) is 2.00. The molecule has 1 aromatic carbocycles. The van der Waals surface area contributed by atoms with E-state index in [1.807, 2.05) is 45.0 Å². The average Bonchev–Trinajstić information content (AvgIpc) is 2.67. The predicted molar refractivity (Wildman–Crippen MR) is 99.9 cm³/mol. The molecule has 0 aliphatic rings. The maximum absolute atomic E-state index is 11.4. The van der Waals surface area contributed by atoms with Crippen LogP contribution in [0.2, 0.25) is 0 Å². The molecule has 0 heterocycles. The summed E-state index contributed by atoms with van der Waals surface area (Å²) >= 11 is 0. The lowest BCUT2D eigenvalue weighted by Gasteiger charge is -2.23. The second kappa shape index (κ2) is 12.0. The van der Waals surface area contributed by atoms with Crippen LogP contribution in [0, 0.1) is 0 Å². The maximum atomic E-state index is 11.4. The minimum absolute atomic E-state index is 0.00968. The van der Waals surface area contributed by atoms with Gasteiger partial charge in [-0.25, -0.2) is 14.6 Å². The van der Waals surface area contributed by atoms with Crippen molar-refractivity contribution in [3.8, 4) is 0 Å². The zero-order chi connectivity index (χ0) is 21.0. The molecule has 0 radical (unpaired) electrons. The number of rotatable bonds is 10. The van der Waals surface area contributed by atoms with Gasteiger partial charge >= 0.3 is 12.1 Å². The quantitative estimate of drug-likeness (QED) is 0.145. The Balaban J connectivity index is 2.33. The summed E-state index contributed by atoms with van der Waals surface area (Å²) in [5.74, 6) is -0.531. The van der Waals surface area contributed by atoms with Gasteiger partial charge in [-0.2, -0.15) is 9.68 Å². The lowest BCUT2D eigenvalue weighted by Crippen LogP contribution is -2.21. The van der Waals surface area contributed by atoms with Crippen molar-refractivity contribution >= 4 is 12.1 Å². The molecular weight excluding hydrogens is 368 g/mol. The van der Waals surface area contributed by atoms with Crippen LogP contribution in [0.25, 0.3) is 0 Å². The van der Waals surface area contributed by atoms with E-state index >= 15 is 0 Å². The Morgan fingerprint density at radius 2 is 1.75 bits per heavy atom. The molecule has 0 atom stereocenters. The van der Waals surface area contributed by atoms with Crippen LogP contribution in [0.4, 0.5) is 4.79 Å². The van der Waals surface area contributed by atoms with Crippen LogP contribution >= 0.6 is 0 Å². The first-order valence-corrected chi connectivity index (χ1v) is 9.00. The van der Waals surface area contributed by atoms with Gasteiger partial charge in [-0.3, -0.25) is 0 Å². The van der Waals surface area contributed by atoms with Gasteiger partial charge in [0.1, 0.15) is 18.5 Å². The summed E-state index contributed by atoms with van der Waals surface area (Å²) in [5, 5.41) is 0. The molecule has 0 unspecified atom stereocenters. The second-order valence-electron chi connectivity index (χ2n) is 6.55. The molecule has 0 spiro atoms. The van der Waals surface area contributed by atoms with Gasteiger partial charge in [0.15, 0.2) is 0 Å². The van der Waals surface area contributed by atoms with Crippen LogP contribution in [-0.4, -0.2) is 31.9 Å². The number of hydrogen-bond acceptors (Lipinski definition) is 8. The van der Waals surface area contributed by atoms with Gasteiger partial charge < -0.3 is 14.4 Å². The van der Waals surface area contributed by atoms with Gasteiger partial charge in [0.2, 0.25) is 0 Å². The molecular formula is C20H28O8. The Labute approximate surface area is 165 Å². The van der Waals surface area contributed by atoms with E-state index in [1.54, 1.807) is 0 Å². The predicted octanol–water partition coefficient (Wildman–Crippen LogP) is 4.15. The van der Waals surface area contributed by atoms with Crippen molar-refractivity contribution in [1.29, 1.82) is 0 Å². The lowest BCUT2D eigenvalue weighted by atomic mass is 9.94. The minimum Gasteiger partial charge on any atom is -0.429 e. The molecule has 1 rings (SSSR count). The molecule has 0 saturated heterocycles. The molecule has 8 nitrogen and oxygen atoms in total. The first kappa shape index (κ1) is 23.5. The van der Waals surface area contributed by atoms with Gasteiger partial charge in [-0.1, -0.05) is 38.1 Å². The van der Waals surface area contributed by atoms with Crippen molar-refractivity contribution in [2.45, 2.75) is 46.1 Å². The molecule has 0 aromatic heterocycles. The second-order valence-corrected chi connectivity index (χ2v) is 6.55. The summed E-state index contributed by atoms with van der Waals surface area (Å²) in [5.41, 5.74) is 1.38. The van der Waals surface area contributed by atoms with Crippen LogP contribution in [0.5, 0.6) is 0 Å². The first-order valence-electron chi connectivity index (χ1n) is 9.00. The summed E-state index contributed by atoms with van der Waals surface area (Å²) in [6.45, 7) is 10.4. The summed E-state index contributed by atoms with van der Waals surface area (Å²) in [4.78, 5) is 41.2. The number of carbonyl (C=O) groups excluding carboxylic acids is 2. The Morgan fingerprint density at radius 1 is 1.07 bits per heavy atom. The molecule has 0 bridgehead atoms. The number of hydrogen-bond donors (Lipinski definition) is 0. The Hall–Kier alpha value is -2.58.